The first kappa shape index (κ1) is 15.7. The van der Waals surface area contributed by atoms with E-state index in [0.717, 1.165) is 37.6 Å². The molecule has 0 atom stereocenters. The Morgan fingerprint density at radius 3 is 2.37 bits per heavy atom. The molecule has 0 aliphatic heterocycles. The lowest BCUT2D eigenvalue weighted by Crippen LogP contribution is -2.31. The van der Waals surface area contributed by atoms with Gasteiger partial charge in [0.15, 0.2) is 0 Å². The van der Waals surface area contributed by atoms with Gasteiger partial charge in [-0.25, -0.2) is 4.98 Å². The summed E-state index contributed by atoms with van der Waals surface area (Å²) in [5.74, 6) is 2.47. The molecule has 4 nitrogen and oxygen atoms in total. The Hall–Kier alpha value is -1.32. The fraction of sp³-hybridized carbons (Fsp3) is 0.733. The van der Waals surface area contributed by atoms with E-state index in [2.05, 4.69) is 35.6 Å². The Balaban J connectivity index is 3.00. The molecule has 0 fully saturated rings. The standard InChI is InChI=1S/C15H27N3O/c1-6-12(7-2)10-18(8-3)13-9-14(19)17-15(16-13)11(4)5/h9,11-12H,6-8,10H2,1-5H3,(H,16,17,19). The SMILES string of the molecule is CCC(CC)CN(CC)c1cc(=O)[nH]c(C(C)C)n1. The lowest BCUT2D eigenvalue weighted by molar-refractivity contribution is 0.484. The molecular weight excluding hydrogens is 238 g/mol. The van der Waals surface area contributed by atoms with Crippen LogP contribution in [0.3, 0.4) is 0 Å². The molecule has 0 saturated carbocycles. The summed E-state index contributed by atoms with van der Waals surface area (Å²) in [5, 5.41) is 0. The summed E-state index contributed by atoms with van der Waals surface area (Å²) >= 11 is 0. The van der Waals surface area contributed by atoms with E-state index in [1.54, 1.807) is 6.07 Å². The van der Waals surface area contributed by atoms with Crippen LogP contribution in [0.25, 0.3) is 0 Å². The van der Waals surface area contributed by atoms with Crippen molar-refractivity contribution < 1.29 is 0 Å². The Kier molecular flexibility index (Phi) is 6.06. The van der Waals surface area contributed by atoms with Crippen LogP contribution < -0.4 is 10.5 Å². The van der Waals surface area contributed by atoms with E-state index >= 15 is 0 Å². The summed E-state index contributed by atoms with van der Waals surface area (Å²) in [4.78, 5) is 21.4. The average molecular weight is 265 g/mol. The molecule has 1 aromatic heterocycles. The first-order valence-electron chi connectivity index (χ1n) is 7.37. The molecule has 0 unspecified atom stereocenters. The monoisotopic (exact) mass is 265 g/mol. The van der Waals surface area contributed by atoms with Crippen molar-refractivity contribution in [1.29, 1.82) is 0 Å². The minimum absolute atomic E-state index is 0.0586. The van der Waals surface area contributed by atoms with E-state index < -0.39 is 0 Å². The number of rotatable bonds is 7. The highest BCUT2D eigenvalue weighted by molar-refractivity contribution is 5.37. The summed E-state index contributed by atoms with van der Waals surface area (Å²) < 4.78 is 0. The van der Waals surface area contributed by atoms with Crippen LogP contribution >= 0.6 is 0 Å². The smallest absolute Gasteiger partial charge is 0.252 e. The van der Waals surface area contributed by atoms with Gasteiger partial charge < -0.3 is 9.88 Å². The van der Waals surface area contributed by atoms with Crippen LogP contribution in [-0.2, 0) is 0 Å². The third-order valence-corrected chi connectivity index (χ3v) is 3.63. The molecular formula is C15H27N3O. The van der Waals surface area contributed by atoms with Crippen molar-refractivity contribution >= 4 is 5.82 Å². The van der Waals surface area contributed by atoms with Crippen LogP contribution in [0.15, 0.2) is 10.9 Å². The van der Waals surface area contributed by atoms with Crippen molar-refractivity contribution in [3.05, 3.63) is 22.2 Å². The number of nitrogens with one attached hydrogen (secondary N) is 1. The van der Waals surface area contributed by atoms with Crippen LogP contribution in [0.5, 0.6) is 0 Å². The van der Waals surface area contributed by atoms with Gasteiger partial charge in [-0.05, 0) is 12.8 Å². The average Bonchev–Trinajstić information content (AvgIpc) is 2.39. The molecule has 0 saturated heterocycles. The molecule has 0 aliphatic rings. The molecule has 0 amide bonds. The van der Waals surface area contributed by atoms with Gasteiger partial charge >= 0.3 is 0 Å². The highest BCUT2D eigenvalue weighted by Gasteiger charge is 2.14. The lowest BCUT2D eigenvalue weighted by Gasteiger charge is -2.26. The molecule has 4 heteroatoms. The Morgan fingerprint density at radius 2 is 1.89 bits per heavy atom. The number of nitrogens with zero attached hydrogens (tertiary/aromatic N) is 2. The fourth-order valence-corrected chi connectivity index (χ4v) is 2.14. The van der Waals surface area contributed by atoms with Crippen LogP contribution in [0, 0.1) is 5.92 Å². The quantitative estimate of drug-likeness (QED) is 0.824. The third-order valence-electron chi connectivity index (χ3n) is 3.63. The molecule has 0 aliphatic carbocycles. The number of hydrogen-bond acceptors (Lipinski definition) is 3. The molecule has 1 rings (SSSR count). The maximum absolute atomic E-state index is 11.7. The molecule has 19 heavy (non-hydrogen) atoms. The predicted octanol–water partition coefficient (Wildman–Crippen LogP) is 3.16. The summed E-state index contributed by atoms with van der Waals surface area (Å²) in [7, 11) is 0. The molecule has 0 spiro atoms. The summed E-state index contributed by atoms with van der Waals surface area (Å²) in [5.41, 5.74) is -0.0586. The normalized spacial score (nSPS) is 11.3. The van der Waals surface area contributed by atoms with Gasteiger partial charge in [0, 0.05) is 25.1 Å². The number of H-pyrrole nitrogens is 1. The van der Waals surface area contributed by atoms with Crippen molar-refractivity contribution in [1.82, 2.24) is 9.97 Å². The second-order valence-corrected chi connectivity index (χ2v) is 5.36. The van der Waals surface area contributed by atoms with E-state index in [1.807, 2.05) is 13.8 Å². The number of hydrogen-bond donors (Lipinski definition) is 1. The predicted molar refractivity (Wildman–Crippen MR) is 80.9 cm³/mol. The minimum Gasteiger partial charge on any atom is -0.356 e. The van der Waals surface area contributed by atoms with E-state index in [-0.39, 0.29) is 11.5 Å². The topological polar surface area (TPSA) is 49.0 Å². The van der Waals surface area contributed by atoms with Crippen molar-refractivity contribution in [2.45, 2.75) is 53.4 Å². The van der Waals surface area contributed by atoms with Gasteiger partial charge in [-0.15, -0.1) is 0 Å². The molecule has 0 bridgehead atoms. The molecule has 1 heterocycles. The lowest BCUT2D eigenvalue weighted by atomic mass is 10.0. The fourth-order valence-electron chi connectivity index (χ4n) is 2.14. The van der Waals surface area contributed by atoms with E-state index in [0.29, 0.717) is 5.92 Å². The van der Waals surface area contributed by atoms with Crippen molar-refractivity contribution in [2.24, 2.45) is 5.92 Å². The Morgan fingerprint density at radius 1 is 1.26 bits per heavy atom. The van der Waals surface area contributed by atoms with Crippen molar-refractivity contribution in [3.63, 3.8) is 0 Å². The molecule has 0 aromatic carbocycles. The van der Waals surface area contributed by atoms with Crippen LogP contribution in [0.2, 0.25) is 0 Å². The van der Waals surface area contributed by atoms with Crippen LogP contribution in [0.4, 0.5) is 5.82 Å². The first-order valence-corrected chi connectivity index (χ1v) is 7.37. The maximum atomic E-state index is 11.7. The van der Waals surface area contributed by atoms with Gasteiger partial charge in [-0.2, -0.15) is 0 Å². The van der Waals surface area contributed by atoms with Crippen LogP contribution in [0.1, 0.15) is 59.2 Å². The highest BCUT2D eigenvalue weighted by atomic mass is 16.1. The molecule has 1 N–H and O–H groups in total. The zero-order valence-electron chi connectivity index (χ0n) is 12.9. The first-order chi connectivity index (χ1) is 9.01. The number of aromatic nitrogens is 2. The van der Waals surface area contributed by atoms with E-state index in [4.69, 9.17) is 0 Å². The maximum Gasteiger partial charge on any atom is 0.252 e. The van der Waals surface area contributed by atoms with Gasteiger partial charge in [-0.3, -0.25) is 4.79 Å². The summed E-state index contributed by atoms with van der Waals surface area (Å²) in [6.07, 6.45) is 2.32. The molecule has 1 aromatic rings. The number of aromatic amines is 1. The zero-order chi connectivity index (χ0) is 14.4. The molecule has 108 valence electrons. The van der Waals surface area contributed by atoms with Gasteiger partial charge in [0.1, 0.15) is 11.6 Å². The zero-order valence-corrected chi connectivity index (χ0v) is 12.9. The Bertz CT molecular complexity index is 435. The third kappa shape index (κ3) is 4.37. The highest BCUT2D eigenvalue weighted by Crippen LogP contribution is 2.17. The van der Waals surface area contributed by atoms with E-state index in [9.17, 15) is 4.79 Å². The van der Waals surface area contributed by atoms with Crippen LogP contribution in [-0.4, -0.2) is 23.1 Å². The Labute approximate surface area is 116 Å². The second-order valence-electron chi connectivity index (χ2n) is 5.36. The van der Waals surface area contributed by atoms with Gasteiger partial charge in [0.25, 0.3) is 5.56 Å². The van der Waals surface area contributed by atoms with Gasteiger partial charge in [-0.1, -0.05) is 40.5 Å². The largest absolute Gasteiger partial charge is 0.356 e. The minimum atomic E-state index is -0.0586. The van der Waals surface area contributed by atoms with Gasteiger partial charge in [0.05, 0.1) is 0 Å². The van der Waals surface area contributed by atoms with Crippen molar-refractivity contribution in [2.75, 3.05) is 18.0 Å². The number of anilines is 1. The van der Waals surface area contributed by atoms with Crippen molar-refractivity contribution in [3.8, 4) is 0 Å². The molecule has 0 radical (unpaired) electrons. The summed E-state index contributed by atoms with van der Waals surface area (Å²) in [6.45, 7) is 12.5. The van der Waals surface area contributed by atoms with E-state index in [1.165, 1.54) is 0 Å². The van der Waals surface area contributed by atoms with Gasteiger partial charge in [0.2, 0.25) is 0 Å². The second kappa shape index (κ2) is 7.31. The summed E-state index contributed by atoms with van der Waals surface area (Å²) in [6, 6.07) is 1.61.